The van der Waals surface area contributed by atoms with E-state index in [2.05, 4.69) is 4.98 Å². The molecule has 0 bridgehead atoms. The fourth-order valence-corrected chi connectivity index (χ4v) is 3.40. The van der Waals surface area contributed by atoms with Crippen LogP contribution in [0.4, 0.5) is 0 Å². The summed E-state index contributed by atoms with van der Waals surface area (Å²) in [6.45, 7) is 1.93. The van der Waals surface area contributed by atoms with Crippen LogP contribution in [0.1, 0.15) is 5.56 Å². The Balaban J connectivity index is 2.38. The normalized spacial score (nSPS) is 11.5. The molecule has 0 radical (unpaired) electrons. The largest absolute Gasteiger partial charge is 0.277 e. The Labute approximate surface area is 122 Å². The third-order valence-electron chi connectivity index (χ3n) is 3.54. The Morgan fingerprint density at radius 2 is 1.86 bits per heavy atom. The van der Waals surface area contributed by atoms with E-state index in [4.69, 9.17) is 0 Å². The summed E-state index contributed by atoms with van der Waals surface area (Å²) < 4.78 is 1.46. The van der Waals surface area contributed by atoms with Gasteiger partial charge in [0, 0.05) is 0 Å². The highest BCUT2D eigenvalue weighted by Gasteiger charge is 2.11. The van der Waals surface area contributed by atoms with Crippen LogP contribution in [-0.2, 0) is 0 Å². The van der Waals surface area contributed by atoms with Crippen molar-refractivity contribution in [1.29, 1.82) is 0 Å². The summed E-state index contributed by atoms with van der Waals surface area (Å²) >= 11 is 1.01. The van der Waals surface area contributed by atoms with Gasteiger partial charge in [-0.25, -0.2) is 4.98 Å². The predicted octanol–water partition coefficient (Wildman–Crippen LogP) is 2.73. The van der Waals surface area contributed by atoms with Gasteiger partial charge in [-0.2, -0.15) is 0 Å². The molecule has 0 fully saturated rings. The molecular weight excluding hydrogens is 284 g/mol. The lowest BCUT2D eigenvalue weighted by molar-refractivity contribution is 1.15. The number of para-hydroxylation sites is 1. The van der Waals surface area contributed by atoms with E-state index in [9.17, 15) is 9.59 Å². The Morgan fingerprint density at radius 1 is 1.05 bits per heavy atom. The summed E-state index contributed by atoms with van der Waals surface area (Å²) in [5.41, 5.74) is 2.08. The van der Waals surface area contributed by atoms with Crippen LogP contribution < -0.4 is 10.3 Å². The van der Waals surface area contributed by atoms with Crippen molar-refractivity contribution in [2.24, 2.45) is 0 Å². The molecule has 2 heterocycles. The second-order valence-electron chi connectivity index (χ2n) is 4.96. The molecule has 4 aromatic rings. The molecule has 0 amide bonds. The molecule has 21 heavy (non-hydrogen) atoms. The molecule has 0 spiro atoms. The highest BCUT2D eigenvalue weighted by atomic mass is 32.1. The van der Waals surface area contributed by atoms with Gasteiger partial charge in [0.2, 0.25) is 9.70 Å². The summed E-state index contributed by atoms with van der Waals surface area (Å²) in [6, 6.07) is 12.7. The number of hydrogen-bond donors (Lipinski definition) is 0. The molecule has 0 aliphatic carbocycles. The van der Waals surface area contributed by atoms with Gasteiger partial charge in [-0.05, 0) is 31.2 Å². The Hall–Kier alpha value is -2.53. The molecule has 2 aromatic heterocycles. The maximum absolute atomic E-state index is 12.7. The number of rotatable bonds is 0. The lowest BCUT2D eigenvalue weighted by atomic mass is 10.2. The molecule has 102 valence electrons. The van der Waals surface area contributed by atoms with Crippen molar-refractivity contribution >= 4 is 38.1 Å². The van der Waals surface area contributed by atoms with Crippen LogP contribution in [0.25, 0.3) is 26.8 Å². The average molecular weight is 294 g/mol. The summed E-state index contributed by atoms with van der Waals surface area (Å²) in [4.78, 5) is 29.9. The number of aromatic nitrogens is 2. The molecule has 0 aliphatic heterocycles. The van der Waals surface area contributed by atoms with Crippen LogP contribution in [0, 0.1) is 6.92 Å². The standard InChI is InChI=1S/C16H10N2O2S/c1-9-6-7-13-11(8-9)15(20)21-16-17-12-5-3-2-4-10(12)14(19)18(13)16/h2-8H,1H3. The van der Waals surface area contributed by atoms with Crippen molar-refractivity contribution in [1.82, 2.24) is 9.38 Å². The van der Waals surface area contributed by atoms with E-state index in [-0.39, 0.29) is 10.3 Å². The zero-order chi connectivity index (χ0) is 14.6. The second kappa shape index (κ2) is 4.23. The Bertz CT molecular complexity index is 1140. The third-order valence-corrected chi connectivity index (χ3v) is 4.40. The number of fused-ring (bicyclic) bond motifs is 4. The highest BCUT2D eigenvalue weighted by Crippen LogP contribution is 2.17. The van der Waals surface area contributed by atoms with Crippen molar-refractivity contribution in [3.05, 3.63) is 67.9 Å². The summed E-state index contributed by atoms with van der Waals surface area (Å²) in [7, 11) is 0. The molecule has 0 saturated heterocycles. The van der Waals surface area contributed by atoms with Crippen molar-refractivity contribution in [3.63, 3.8) is 0 Å². The lowest BCUT2D eigenvalue weighted by Crippen LogP contribution is -2.17. The molecule has 4 nitrogen and oxygen atoms in total. The van der Waals surface area contributed by atoms with E-state index < -0.39 is 0 Å². The second-order valence-corrected chi connectivity index (χ2v) is 5.90. The first kappa shape index (κ1) is 12.2. The Morgan fingerprint density at radius 3 is 2.71 bits per heavy atom. The fourth-order valence-electron chi connectivity index (χ4n) is 2.54. The van der Waals surface area contributed by atoms with Gasteiger partial charge < -0.3 is 0 Å². The quantitative estimate of drug-likeness (QED) is 0.370. The van der Waals surface area contributed by atoms with Crippen LogP contribution in [0.15, 0.2) is 52.1 Å². The minimum Gasteiger partial charge on any atom is -0.277 e. The van der Waals surface area contributed by atoms with E-state index in [0.29, 0.717) is 26.8 Å². The zero-order valence-corrected chi connectivity index (χ0v) is 12.0. The van der Waals surface area contributed by atoms with Gasteiger partial charge >= 0.3 is 0 Å². The molecule has 2 aromatic carbocycles. The zero-order valence-electron chi connectivity index (χ0n) is 11.2. The maximum Gasteiger partial charge on any atom is 0.266 e. The summed E-state index contributed by atoms with van der Waals surface area (Å²) in [5, 5.41) is 1.12. The van der Waals surface area contributed by atoms with Crippen LogP contribution >= 0.6 is 11.3 Å². The maximum atomic E-state index is 12.7. The smallest absolute Gasteiger partial charge is 0.266 e. The summed E-state index contributed by atoms with van der Waals surface area (Å²) in [5.74, 6) is 0. The minimum atomic E-state index is -0.138. The van der Waals surface area contributed by atoms with E-state index in [1.54, 1.807) is 12.1 Å². The van der Waals surface area contributed by atoms with Crippen LogP contribution in [-0.4, -0.2) is 9.38 Å². The molecule has 4 rings (SSSR count). The van der Waals surface area contributed by atoms with Gasteiger partial charge in [-0.15, -0.1) is 0 Å². The van der Waals surface area contributed by atoms with Gasteiger partial charge in [0.15, 0.2) is 0 Å². The van der Waals surface area contributed by atoms with Crippen molar-refractivity contribution in [2.45, 2.75) is 6.92 Å². The van der Waals surface area contributed by atoms with E-state index in [1.165, 1.54) is 4.40 Å². The predicted molar refractivity (Wildman–Crippen MR) is 85.4 cm³/mol. The first-order valence-electron chi connectivity index (χ1n) is 6.50. The number of aryl methyl sites for hydroxylation is 1. The van der Waals surface area contributed by atoms with Crippen molar-refractivity contribution in [2.75, 3.05) is 0 Å². The SMILES string of the molecule is Cc1ccc2c(c1)c(=O)sc1nc3ccccc3c(=O)n12. The van der Waals surface area contributed by atoms with Gasteiger partial charge in [0.25, 0.3) is 5.56 Å². The number of hydrogen-bond acceptors (Lipinski definition) is 4. The van der Waals surface area contributed by atoms with Crippen LogP contribution in [0.2, 0.25) is 0 Å². The van der Waals surface area contributed by atoms with E-state index in [1.807, 2.05) is 37.3 Å². The molecule has 0 unspecified atom stereocenters. The Kier molecular flexibility index (Phi) is 2.46. The van der Waals surface area contributed by atoms with Gasteiger partial charge in [-0.3, -0.25) is 14.0 Å². The third kappa shape index (κ3) is 1.71. The van der Waals surface area contributed by atoms with Crippen LogP contribution in [0.3, 0.4) is 0 Å². The van der Waals surface area contributed by atoms with Crippen LogP contribution in [0.5, 0.6) is 0 Å². The average Bonchev–Trinajstić information content (AvgIpc) is 2.48. The fraction of sp³-hybridized carbons (Fsp3) is 0.0625. The van der Waals surface area contributed by atoms with Crippen molar-refractivity contribution < 1.29 is 0 Å². The monoisotopic (exact) mass is 294 g/mol. The molecule has 5 heteroatoms. The minimum absolute atomic E-state index is 0.0733. The molecule has 0 N–H and O–H groups in total. The first-order chi connectivity index (χ1) is 10.1. The first-order valence-corrected chi connectivity index (χ1v) is 7.32. The van der Waals surface area contributed by atoms with E-state index >= 15 is 0 Å². The van der Waals surface area contributed by atoms with E-state index in [0.717, 1.165) is 16.9 Å². The number of nitrogens with zero attached hydrogens (tertiary/aromatic N) is 2. The lowest BCUT2D eigenvalue weighted by Gasteiger charge is -2.06. The van der Waals surface area contributed by atoms with Gasteiger partial charge in [0.05, 0.1) is 21.8 Å². The molecule has 0 atom stereocenters. The molecule has 0 saturated carbocycles. The summed E-state index contributed by atoms with van der Waals surface area (Å²) in [6.07, 6.45) is 0. The van der Waals surface area contributed by atoms with Gasteiger partial charge in [-0.1, -0.05) is 35.1 Å². The molecular formula is C16H10N2O2S. The highest BCUT2D eigenvalue weighted by molar-refractivity contribution is 7.15. The van der Waals surface area contributed by atoms with Gasteiger partial charge in [0.1, 0.15) is 0 Å². The molecule has 0 aliphatic rings. The number of benzene rings is 2. The van der Waals surface area contributed by atoms with Crippen molar-refractivity contribution in [3.8, 4) is 0 Å². The topological polar surface area (TPSA) is 51.4 Å².